The second-order valence-electron chi connectivity index (χ2n) is 6.99. The molecule has 0 aliphatic rings. The van der Waals surface area contributed by atoms with Gasteiger partial charge in [-0.15, -0.1) is 21.5 Å². The number of nitrogens with zero attached hydrogens (tertiary/aromatic N) is 3. The number of thiophene rings is 1. The molecule has 1 aromatic carbocycles. The van der Waals surface area contributed by atoms with Crippen molar-refractivity contribution in [3.05, 3.63) is 59.4 Å². The zero-order valence-corrected chi connectivity index (χ0v) is 17.9. The third-order valence-corrected chi connectivity index (χ3v) is 5.60. The Morgan fingerprint density at radius 3 is 2.87 bits per heavy atom. The lowest BCUT2D eigenvalue weighted by Crippen LogP contribution is -2.35. The predicted octanol–water partition coefficient (Wildman–Crippen LogP) is 3.80. The summed E-state index contributed by atoms with van der Waals surface area (Å²) in [5, 5.41) is 11.0. The van der Waals surface area contributed by atoms with Crippen molar-refractivity contribution in [2.24, 2.45) is 0 Å². The van der Waals surface area contributed by atoms with Crippen LogP contribution in [0.5, 0.6) is 0 Å². The summed E-state index contributed by atoms with van der Waals surface area (Å²) in [5.74, 6) is 0.0201. The van der Waals surface area contributed by atoms with Crippen LogP contribution < -0.4 is 0 Å². The third-order valence-electron chi connectivity index (χ3n) is 4.74. The van der Waals surface area contributed by atoms with Gasteiger partial charge < -0.3 is 19.0 Å². The summed E-state index contributed by atoms with van der Waals surface area (Å²) in [6, 6.07) is 11.5. The topological polar surface area (TPSA) is 101 Å². The Morgan fingerprint density at radius 1 is 1.19 bits per heavy atom. The Labute approximate surface area is 182 Å². The van der Waals surface area contributed by atoms with E-state index in [-0.39, 0.29) is 25.5 Å². The molecular weight excluding hydrogens is 416 g/mol. The number of esters is 1. The SMILES string of the molecule is CCCN(Cc1nnc(-c2cccs2)o1)C(=O)COC(=O)Cc1c[nH]c2ccccc12. The number of aromatic nitrogens is 3. The molecule has 0 aliphatic heterocycles. The second kappa shape index (κ2) is 9.57. The molecule has 0 unspecified atom stereocenters. The number of rotatable bonds is 9. The fraction of sp³-hybridized carbons (Fsp3) is 0.273. The van der Waals surface area contributed by atoms with Gasteiger partial charge in [-0.2, -0.15) is 0 Å². The largest absolute Gasteiger partial charge is 0.455 e. The van der Waals surface area contributed by atoms with Crippen LogP contribution in [-0.4, -0.2) is 45.1 Å². The number of carbonyl (C=O) groups excluding carboxylic acids is 2. The number of amides is 1. The minimum Gasteiger partial charge on any atom is -0.455 e. The van der Waals surface area contributed by atoms with Gasteiger partial charge in [-0.1, -0.05) is 31.2 Å². The van der Waals surface area contributed by atoms with E-state index in [0.717, 1.165) is 27.8 Å². The van der Waals surface area contributed by atoms with Crippen molar-refractivity contribution < 1.29 is 18.7 Å². The molecule has 9 heteroatoms. The number of fused-ring (bicyclic) bond motifs is 1. The number of H-pyrrole nitrogens is 1. The first-order chi connectivity index (χ1) is 15.1. The van der Waals surface area contributed by atoms with E-state index >= 15 is 0 Å². The molecule has 4 aromatic rings. The van der Waals surface area contributed by atoms with Crippen molar-refractivity contribution in [3.63, 3.8) is 0 Å². The number of carbonyl (C=O) groups is 2. The van der Waals surface area contributed by atoms with Crippen LogP contribution in [0.2, 0.25) is 0 Å². The molecule has 4 rings (SSSR count). The van der Waals surface area contributed by atoms with E-state index < -0.39 is 5.97 Å². The summed E-state index contributed by atoms with van der Waals surface area (Å²) < 4.78 is 10.9. The van der Waals surface area contributed by atoms with E-state index in [9.17, 15) is 9.59 Å². The number of aromatic amines is 1. The lowest BCUT2D eigenvalue weighted by atomic mass is 10.1. The molecule has 3 aromatic heterocycles. The zero-order chi connectivity index (χ0) is 21.6. The van der Waals surface area contributed by atoms with Crippen molar-refractivity contribution in [2.45, 2.75) is 26.3 Å². The maximum atomic E-state index is 12.6. The van der Waals surface area contributed by atoms with Crippen LogP contribution in [0, 0.1) is 0 Å². The van der Waals surface area contributed by atoms with Crippen LogP contribution in [0.1, 0.15) is 24.8 Å². The molecule has 0 fully saturated rings. The molecular formula is C22H22N4O4S. The first-order valence-corrected chi connectivity index (χ1v) is 10.9. The number of para-hydroxylation sites is 1. The first kappa shape index (κ1) is 20.8. The third kappa shape index (κ3) is 5.00. The molecule has 0 aliphatic carbocycles. The van der Waals surface area contributed by atoms with E-state index in [1.54, 1.807) is 11.1 Å². The standard InChI is InChI=1S/C22H22N4O4S/c1-2-9-26(13-19-24-25-22(30-19)18-8-5-10-31-18)20(27)14-29-21(28)11-15-12-23-17-7-4-3-6-16(15)17/h3-8,10,12,23H,2,9,11,13-14H2,1H3. The van der Waals surface area contributed by atoms with Crippen LogP contribution in [0.4, 0.5) is 0 Å². The van der Waals surface area contributed by atoms with Crippen LogP contribution in [0.25, 0.3) is 21.7 Å². The van der Waals surface area contributed by atoms with Crippen molar-refractivity contribution in [1.82, 2.24) is 20.1 Å². The number of hydrogen-bond acceptors (Lipinski definition) is 7. The minimum atomic E-state index is -0.452. The molecule has 1 amide bonds. The average Bonchev–Trinajstić information content (AvgIpc) is 3.53. The number of nitrogens with one attached hydrogen (secondary N) is 1. The molecule has 0 bridgehead atoms. The van der Waals surface area contributed by atoms with E-state index in [4.69, 9.17) is 9.15 Å². The lowest BCUT2D eigenvalue weighted by Gasteiger charge is -2.20. The number of ether oxygens (including phenoxy) is 1. The highest BCUT2D eigenvalue weighted by Gasteiger charge is 2.19. The Kier molecular flexibility index (Phi) is 6.42. The van der Waals surface area contributed by atoms with Gasteiger partial charge in [0.2, 0.25) is 5.89 Å². The molecule has 1 N–H and O–H groups in total. The van der Waals surface area contributed by atoms with Gasteiger partial charge in [-0.3, -0.25) is 9.59 Å². The van der Waals surface area contributed by atoms with Gasteiger partial charge in [0, 0.05) is 23.6 Å². The second-order valence-corrected chi connectivity index (χ2v) is 7.94. The van der Waals surface area contributed by atoms with Crippen LogP contribution in [0.3, 0.4) is 0 Å². The first-order valence-electron chi connectivity index (χ1n) is 9.98. The van der Waals surface area contributed by atoms with E-state index in [1.165, 1.54) is 11.3 Å². The molecule has 0 radical (unpaired) electrons. The van der Waals surface area contributed by atoms with Gasteiger partial charge in [-0.05, 0) is 29.5 Å². The molecule has 0 saturated heterocycles. The Bertz CT molecular complexity index is 1170. The summed E-state index contributed by atoms with van der Waals surface area (Å²) in [6.45, 7) is 2.31. The Hall–Kier alpha value is -3.46. The predicted molar refractivity (Wildman–Crippen MR) is 116 cm³/mol. The van der Waals surface area contributed by atoms with E-state index in [0.29, 0.717) is 18.3 Å². The summed E-state index contributed by atoms with van der Waals surface area (Å²) in [6.07, 6.45) is 2.64. The normalized spacial score (nSPS) is 11.0. The van der Waals surface area contributed by atoms with Crippen molar-refractivity contribution >= 4 is 34.1 Å². The van der Waals surface area contributed by atoms with Gasteiger partial charge in [-0.25, -0.2) is 0 Å². The van der Waals surface area contributed by atoms with Gasteiger partial charge in [0.15, 0.2) is 6.61 Å². The number of hydrogen-bond donors (Lipinski definition) is 1. The smallest absolute Gasteiger partial charge is 0.310 e. The molecule has 31 heavy (non-hydrogen) atoms. The van der Waals surface area contributed by atoms with Crippen molar-refractivity contribution in [3.8, 4) is 10.8 Å². The van der Waals surface area contributed by atoms with Gasteiger partial charge >= 0.3 is 5.97 Å². The lowest BCUT2D eigenvalue weighted by molar-refractivity contribution is -0.151. The maximum Gasteiger partial charge on any atom is 0.310 e. The molecule has 0 saturated carbocycles. The van der Waals surface area contributed by atoms with Gasteiger partial charge in [0.05, 0.1) is 17.8 Å². The molecule has 8 nitrogen and oxygen atoms in total. The molecule has 160 valence electrons. The maximum absolute atomic E-state index is 12.6. The summed E-state index contributed by atoms with van der Waals surface area (Å²) >= 11 is 1.50. The fourth-order valence-electron chi connectivity index (χ4n) is 3.26. The summed E-state index contributed by atoms with van der Waals surface area (Å²) in [7, 11) is 0. The van der Waals surface area contributed by atoms with Gasteiger partial charge in [0.1, 0.15) is 0 Å². The van der Waals surface area contributed by atoms with E-state index in [2.05, 4.69) is 15.2 Å². The molecule has 3 heterocycles. The van der Waals surface area contributed by atoms with Gasteiger partial charge in [0.25, 0.3) is 11.8 Å². The van der Waals surface area contributed by atoms with E-state index in [1.807, 2.05) is 48.7 Å². The highest BCUT2D eigenvalue weighted by Crippen LogP contribution is 2.23. The Morgan fingerprint density at radius 2 is 2.06 bits per heavy atom. The number of benzene rings is 1. The molecule has 0 spiro atoms. The monoisotopic (exact) mass is 438 g/mol. The van der Waals surface area contributed by atoms with Crippen LogP contribution in [-0.2, 0) is 27.3 Å². The zero-order valence-electron chi connectivity index (χ0n) is 17.0. The van der Waals surface area contributed by atoms with Crippen molar-refractivity contribution in [2.75, 3.05) is 13.2 Å². The highest BCUT2D eigenvalue weighted by molar-refractivity contribution is 7.13. The molecule has 0 atom stereocenters. The van der Waals surface area contributed by atoms with Crippen molar-refractivity contribution in [1.29, 1.82) is 0 Å². The highest BCUT2D eigenvalue weighted by atomic mass is 32.1. The quantitative estimate of drug-likeness (QED) is 0.399. The minimum absolute atomic E-state index is 0.0961. The van der Waals surface area contributed by atoms with Crippen LogP contribution >= 0.6 is 11.3 Å². The van der Waals surface area contributed by atoms with Crippen LogP contribution in [0.15, 0.2) is 52.4 Å². The average molecular weight is 439 g/mol. The summed E-state index contributed by atoms with van der Waals surface area (Å²) in [4.78, 5) is 30.5. The fourth-order valence-corrected chi connectivity index (χ4v) is 3.90. The summed E-state index contributed by atoms with van der Waals surface area (Å²) in [5.41, 5.74) is 1.79. The Balaban J connectivity index is 1.33.